The van der Waals surface area contributed by atoms with Crippen LogP contribution < -0.4 is 5.56 Å². The Labute approximate surface area is 127 Å². The molecule has 3 nitrogen and oxygen atoms in total. The Bertz CT molecular complexity index is 890. The maximum Gasteiger partial charge on any atom is 0.262 e. The molecule has 0 radical (unpaired) electrons. The molecule has 0 aliphatic rings. The molecule has 4 heteroatoms. The molecule has 0 spiro atoms. The molecule has 0 fully saturated rings. The van der Waals surface area contributed by atoms with Crippen LogP contribution in [0.1, 0.15) is 22.9 Å². The van der Waals surface area contributed by atoms with Crippen molar-refractivity contribution in [2.24, 2.45) is 0 Å². The predicted octanol–water partition coefficient (Wildman–Crippen LogP) is 4.07. The molecule has 3 aromatic rings. The number of nitrogens with zero attached hydrogens (tertiary/aromatic N) is 2. The van der Waals surface area contributed by atoms with Crippen molar-refractivity contribution in [2.75, 3.05) is 0 Å². The first-order chi connectivity index (χ1) is 10.0. The van der Waals surface area contributed by atoms with Gasteiger partial charge in [0.25, 0.3) is 5.56 Å². The Hall–Kier alpha value is -1.94. The normalized spacial score (nSPS) is 11.2. The van der Waals surface area contributed by atoms with Crippen molar-refractivity contribution in [3.05, 3.63) is 50.9 Å². The van der Waals surface area contributed by atoms with Gasteiger partial charge in [0.1, 0.15) is 4.83 Å². The molecule has 0 aliphatic carbocycles. The first-order valence-corrected chi connectivity index (χ1v) is 7.90. The molecular weight excluding hydrogens is 280 g/mol. The van der Waals surface area contributed by atoms with Crippen molar-refractivity contribution >= 4 is 21.6 Å². The molecule has 0 atom stereocenters. The van der Waals surface area contributed by atoms with Gasteiger partial charge in [-0.05, 0) is 38.8 Å². The van der Waals surface area contributed by atoms with Crippen LogP contribution in [-0.2, 0) is 6.54 Å². The fraction of sp³-hybridized carbons (Fsp3) is 0.294. The molecule has 0 amide bonds. The van der Waals surface area contributed by atoms with E-state index in [0.717, 1.165) is 26.2 Å². The number of hydrogen-bond acceptors (Lipinski definition) is 3. The molecule has 0 bridgehead atoms. The summed E-state index contributed by atoms with van der Waals surface area (Å²) in [5.41, 5.74) is 4.65. The zero-order valence-electron chi connectivity index (χ0n) is 12.7. The second kappa shape index (κ2) is 5.11. The first kappa shape index (κ1) is 14.0. The Balaban J connectivity index is 2.44. The predicted molar refractivity (Wildman–Crippen MR) is 89.2 cm³/mol. The molecule has 0 unspecified atom stereocenters. The summed E-state index contributed by atoms with van der Waals surface area (Å²) in [5.74, 6) is 0. The van der Waals surface area contributed by atoms with Gasteiger partial charge in [-0.25, -0.2) is 4.98 Å². The Morgan fingerprint density at radius 1 is 1.24 bits per heavy atom. The quantitative estimate of drug-likeness (QED) is 0.715. The van der Waals surface area contributed by atoms with Crippen molar-refractivity contribution < 1.29 is 0 Å². The molecule has 1 aromatic carbocycles. The second-order valence-corrected chi connectivity index (χ2v) is 6.57. The summed E-state index contributed by atoms with van der Waals surface area (Å²) in [6.07, 6.45) is 1.65. The Kier molecular flexibility index (Phi) is 3.41. The minimum atomic E-state index is 0.0581. The largest absolute Gasteiger partial charge is 0.299 e. The fourth-order valence-corrected chi connectivity index (χ4v) is 3.69. The van der Waals surface area contributed by atoms with Crippen LogP contribution in [0.15, 0.2) is 29.3 Å². The van der Waals surface area contributed by atoms with Gasteiger partial charge in [-0.2, -0.15) is 0 Å². The van der Waals surface area contributed by atoms with E-state index < -0.39 is 0 Å². The number of hydrogen-bond donors (Lipinski definition) is 0. The van der Waals surface area contributed by atoms with E-state index >= 15 is 0 Å². The number of rotatable bonds is 2. The first-order valence-electron chi connectivity index (χ1n) is 7.09. The van der Waals surface area contributed by atoms with Crippen LogP contribution in [0.5, 0.6) is 0 Å². The number of aryl methyl sites for hydroxylation is 4. The van der Waals surface area contributed by atoms with Crippen molar-refractivity contribution in [1.29, 1.82) is 0 Å². The molecule has 0 N–H and O–H groups in total. The van der Waals surface area contributed by atoms with Gasteiger partial charge in [0.15, 0.2) is 0 Å². The second-order valence-electron chi connectivity index (χ2n) is 5.37. The third-order valence-electron chi connectivity index (χ3n) is 3.86. The van der Waals surface area contributed by atoms with Crippen molar-refractivity contribution in [3.8, 4) is 11.1 Å². The summed E-state index contributed by atoms with van der Waals surface area (Å²) in [7, 11) is 0. The molecule has 0 saturated carbocycles. The molecule has 3 rings (SSSR count). The third-order valence-corrected chi connectivity index (χ3v) is 4.87. The van der Waals surface area contributed by atoms with Gasteiger partial charge in [0.05, 0.1) is 11.7 Å². The van der Waals surface area contributed by atoms with Crippen molar-refractivity contribution in [1.82, 2.24) is 9.55 Å². The smallest absolute Gasteiger partial charge is 0.262 e. The SMILES string of the molecule is CCn1cnc2sc(C)c(-c3cc(C)ccc3C)c2c1=O. The van der Waals surface area contributed by atoms with E-state index in [9.17, 15) is 4.79 Å². The van der Waals surface area contributed by atoms with Gasteiger partial charge >= 0.3 is 0 Å². The summed E-state index contributed by atoms with van der Waals surface area (Å²) < 4.78 is 1.67. The average molecular weight is 298 g/mol. The van der Waals surface area contributed by atoms with Crippen molar-refractivity contribution in [3.63, 3.8) is 0 Å². The number of thiophene rings is 1. The highest BCUT2D eigenvalue weighted by molar-refractivity contribution is 7.19. The number of fused-ring (bicyclic) bond motifs is 1. The van der Waals surface area contributed by atoms with Crippen LogP contribution in [0.25, 0.3) is 21.3 Å². The van der Waals surface area contributed by atoms with Gasteiger partial charge < -0.3 is 0 Å². The molecule has 0 aliphatic heterocycles. The maximum absolute atomic E-state index is 12.7. The standard InChI is InChI=1S/C17H18N2OS/c1-5-19-9-18-16-15(17(19)20)14(12(4)21-16)13-8-10(2)6-7-11(13)3/h6-9H,5H2,1-4H3. The number of aromatic nitrogens is 2. The minimum Gasteiger partial charge on any atom is -0.299 e. The molecule has 108 valence electrons. The van der Waals surface area contributed by atoms with E-state index in [2.05, 4.69) is 44.0 Å². The highest BCUT2D eigenvalue weighted by Crippen LogP contribution is 2.37. The minimum absolute atomic E-state index is 0.0581. The van der Waals surface area contributed by atoms with Crippen LogP contribution in [-0.4, -0.2) is 9.55 Å². The third kappa shape index (κ3) is 2.20. The lowest BCUT2D eigenvalue weighted by Gasteiger charge is -2.08. The molecule has 21 heavy (non-hydrogen) atoms. The van der Waals surface area contributed by atoms with E-state index in [0.29, 0.717) is 6.54 Å². The van der Waals surface area contributed by atoms with Crippen LogP contribution in [0.4, 0.5) is 0 Å². The van der Waals surface area contributed by atoms with Crippen LogP contribution in [0, 0.1) is 20.8 Å². The van der Waals surface area contributed by atoms with E-state index in [1.54, 1.807) is 22.2 Å². The number of benzene rings is 1. The van der Waals surface area contributed by atoms with Gasteiger partial charge in [-0.1, -0.05) is 23.8 Å². The maximum atomic E-state index is 12.7. The zero-order chi connectivity index (χ0) is 15.1. The molecule has 2 aromatic heterocycles. The van der Waals surface area contributed by atoms with Crippen molar-refractivity contribution in [2.45, 2.75) is 34.2 Å². The summed E-state index contributed by atoms with van der Waals surface area (Å²) >= 11 is 1.60. The summed E-state index contributed by atoms with van der Waals surface area (Å²) in [4.78, 5) is 19.1. The Morgan fingerprint density at radius 3 is 2.71 bits per heavy atom. The Morgan fingerprint density at radius 2 is 2.00 bits per heavy atom. The van der Waals surface area contributed by atoms with E-state index in [4.69, 9.17) is 0 Å². The van der Waals surface area contributed by atoms with E-state index in [1.807, 2.05) is 6.92 Å². The van der Waals surface area contributed by atoms with Gasteiger partial charge in [-0.15, -0.1) is 11.3 Å². The lowest BCUT2D eigenvalue weighted by Crippen LogP contribution is -2.19. The highest BCUT2D eigenvalue weighted by atomic mass is 32.1. The fourth-order valence-electron chi connectivity index (χ4n) is 2.69. The molecule has 0 saturated heterocycles. The summed E-state index contributed by atoms with van der Waals surface area (Å²) in [6.45, 7) is 8.84. The van der Waals surface area contributed by atoms with Crippen LogP contribution in [0.3, 0.4) is 0 Å². The monoisotopic (exact) mass is 298 g/mol. The summed E-state index contributed by atoms with van der Waals surface area (Å²) in [6, 6.07) is 6.38. The topological polar surface area (TPSA) is 34.9 Å². The lowest BCUT2D eigenvalue weighted by molar-refractivity contribution is 0.718. The highest BCUT2D eigenvalue weighted by Gasteiger charge is 2.17. The lowest BCUT2D eigenvalue weighted by atomic mass is 9.97. The van der Waals surface area contributed by atoms with E-state index in [1.165, 1.54) is 11.1 Å². The van der Waals surface area contributed by atoms with Gasteiger partial charge in [0.2, 0.25) is 0 Å². The average Bonchev–Trinajstić information content (AvgIpc) is 2.79. The summed E-state index contributed by atoms with van der Waals surface area (Å²) in [5, 5.41) is 0.760. The molecular formula is C17H18N2OS. The van der Waals surface area contributed by atoms with Gasteiger partial charge in [-0.3, -0.25) is 9.36 Å². The van der Waals surface area contributed by atoms with Crippen LogP contribution >= 0.6 is 11.3 Å². The van der Waals surface area contributed by atoms with E-state index in [-0.39, 0.29) is 5.56 Å². The van der Waals surface area contributed by atoms with Crippen LogP contribution in [0.2, 0.25) is 0 Å². The van der Waals surface area contributed by atoms with Gasteiger partial charge in [0, 0.05) is 17.0 Å². The molecule has 2 heterocycles. The zero-order valence-corrected chi connectivity index (χ0v) is 13.5.